The highest BCUT2D eigenvalue weighted by molar-refractivity contribution is 6.46. The predicted molar refractivity (Wildman–Crippen MR) is 132 cm³/mol. The van der Waals surface area contributed by atoms with Crippen molar-refractivity contribution in [3.05, 3.63) is 76.8 Å². The molecule has 1 saturated heterocycles. The molecule has 0 spiro atoms. The summed E-state index contributed by atoms with van der Waals surface area (Å²) in [5.74, 6) is -0.406. The van der Waals surface area contributed by atoms with Gasteiger partial charge in [-0.1, -0.05) is 17.7 Å². The molecule has 188 valence electrons. The van der Waals surface area contributed by atoms with Crippen LogP contribution in [0.1, 0.15) is 23.6 Å². The van der Waals surface area contributed by atoms with Crippen LogP contribution in [0, 0.1) is 0 Å². The third-order valence-electron chi connectivity index (χ3n) is 6.11. The van der Waals surface area contributed by atoms with Crippen molar-refractivity contribution in [3.8, 4) is 17.2 Å². The maximum absolute atomic E-state index is 13.3. The number of aromatic nitrogens is 2. The van der Waals surface area contributed by atoms with Crippen LogP contribution in [0.5, 0.6) is 17.2 Å². The smallest absolute Gasteiger partial charge is 0.295 e. The van der Waals surface area contributed by atoms with Crippen molar-refractivity contribution in [3.63, 3.8) is 0 Å². The van der Waals surface area contributed by atoms with Crippen molar-refractivity contribution in [2.45, 2.75) is 19.0 Å². The number of carbonyl (C=O) groups excluding carboxylic acids is 2. The lowest BCUT2D eigenvalue weighted by molar-refractivity contribution is -0.695. The monoisotopic (exact) mass is 512 g/mol. The van der Waals surface area contributed by atoms with Gasteiger partial charge in [-0.25, -0.2) is 4.57 Å². The number of ether oxygens (including phenoxy) is 3. The number of hydrogen-bond acceptors (Lipinski definition) is 6. The summed E-state index contributed by atoms with van der Waals surface area (Å²) in [6.07, 6.45) is 6.09. The summed E-state index contributed by atoms with van der Waals surface area (Å²) in [5, 5.41) is 11.5. The maximum Gasteiger partial charge on any atom is 0.295 e. The highest BCUT2D eigenvalue weighted by Gasteiger charge is 2.46. The van der Waals surface area contributed by atoms with Crippen molar-refractivity contribution in [2.75, 3.05) is 27.9 Å². The summed E-state index contributed by atoms with van der Waals surface area (Å²) in [6.45, 7) is 0.932. The molecule has 2 N–H and O–H groups in total. The van der Waals surface area contributed by atoms with Gasteiger partial charge < -0.3 is 24.2 Å². The summed E-state index contributed by atoms with van der Waals surface area (Å²) >= 11 is 6.26. The van der Waals surface area contributed by atoms with Crippen LogP contribution in [0.2, 0.25) is 5.02 Å². The van der Waals surface area contributed by atoms with Gasteiger partial charge in [0.1, 0.15) is 23.9 Å². The van der Waals surface area contributed by atoms with E-state index in [-0.39, 0.29) is 16.4 Å². The lowest BCUT2D eigenvalue weighted by Crippen LogP contribution is -2.36. The van der Waals surface area contributed by atoms with E-state index in [1.165, 1.54) is 32.3 Å². The molecule has 3 aromatic rings. The highest BCUT2D eigenvalue weighted by Crippen LogP contribution is 2.42. The molecule has 2 aromatic carbocycles. The highest BCUT2D eigenvalue weighted by atomic mass is 35.5. The number of likely N-dealkylation sites (tertiary alicyclic amines) is 1. The number of hydrogen-bond donors (Lipinski definition) is 2. The SMILES string of the molecule is COc1ccc(C(O)=C2C(=O)C(=O)N(CCC[n+]3cc[nH]c3)C2c2ccc(OC)c(OC)c2)cc1Cl. The fourth-order valence-corrected chi connectivity index (χ4v) is 4.59. The number of methoxy groups -OCH3 is 3. The average Bonchev–Trinajstić information content (AvgIpc) is 3.50. The Morgan fingerprint density at radius 2 is 1.78 bits per heavy atom. The normalized spacial score (nSPS) is 16.9. The molecule has 1 aliphatic heterocycles. The quantitative estimate of drug-likeness (QED) is 0.197. The zero-order valence-electron chi connectivity index (χ0n) is 20.2. The van der Waals surface area contributed by atoms with E-state index in [1.54, 1.807) is 36.5 Å². The van der Waals surface area contributed by atoms with Gasteiger partial charge in [0, 0.05) is 18.5 Å². The first-order valence-electron chi connectivity index (χ1n) is 11.3. The van der Waals surface area contributed by atoms with E-state index in [4.69, 9.17) is 25.8 Å². The number of amides is 1. The number of benzene rings is 2. The first-order chi connectivity index (χ1) is 17.4. The molecule has 1 atom stereocenters. The first-order valence-corrected chi connectivity index (χ1v) is 11.6. The minimum absolute atomic E-state index is 0.0252. The Balaban J connectivity index is 1.79. The van der Waals surface area contributed by atoms with Gasteiger partial charge in [-0.05, 0) is 35.9 Å². The van der Waals surface area contributed by atoms with E-state index in [1.807, 2.05) is 17.1 Å². The number of aliphatic hydroxyl groups is 1. The Kier molecular flexibility index (Phi) is 7.49. The number of aromatic amines is 1. The largest absolute Gasteiger partial charge is 0.507 e. The lowest BCUT2D eigenvalue weighted by atomic mass is 9.95. The molecule has 10 heteroatoms. The number of H-pyrrole nitrogens is 1. The van der Waals surface area contributed by atoms with Crippen LogP contribution in [-0.4, -0.2) is 54.6 Å². The van der Waals surface area contributed by atoms with Gasteiger partial charge in [-0.15, -0.1) is 0 Å². The summed E-state index contributed by atoms with van der Waals surface area (Å²) in [5.41, 5.74) is 0.872. The summed E-state index contributed by atoms with van der Waals surface area (Å²) < 4.78 is 17.9. The standard InChI is InChI=1S/C26H26ClN3O6/c1-34-19-7-6-17(13-18(19)27)24(31)22-23(16-5-8-20(35-2)21(14-16)36-3)30(26(33)25(22)32)11-4-10-29-12-9-28-15-29/h5-9,12-15,23H,4,10-11H2,1-3H3,(H,31,32)/p+1. The second-order valence-electron chi connectivity index (χ2n) is 8.16. The number of nitrogens with zero attached hydrogens (tertiary/aromatic N) is 2. The van der Waals surface area contributed by atoms with Crippen LogP contribution in [0.4, 0.5) is 0 Å². The minimum Gasteiger partial charge on any atom is -0.507 e. The van der Waals surface area contributed by atoms with Crippen molar-refractivity contribution >= 4 is 29.1 Å². The van der Waals surface area contributed by atoms with Gasteiger partial charge in [-0.3, -0.25) is 14.6 Å². The number of ketones is 1. The first kappa shape index (κ1) is 25.1. The number of aryl methyl sites for hydroxylation is 1. The summed E-state index contributed by atoms with van der Waals surface area (Å²) in [4.78, 5) is 30.9. The molecule has 0 saturated carbocycles. The number of halogens is 1. The molecule has 0 bridgehead atoms. The number of imidazole rings is 1. The third kappa shape index (κ3) is 4.74. The van der Waals surface area contributed by atoms with E-state index in [2.05, 4.69) is 4.98 Å². The van der Waals surface area contributed by atoms with Crippen LogP contribution in [0.25, 0.3) is 5.76 Å². The van der Waals surface area contributed by atoms with Crippen molar-refractivity contribution in [1.82, 2.24) is 9.88 Å². The van der Waals surface area contributed by atoms with Crippen LogP contribution in [0.15, 0.2) is 60.7 Å². The molecule has 1 fully saturated rings. The molecule has 9 nitrogen and oxygen atoms in total. The van der Waals surface area contributed by atoms with Crippen molar-refractivity contribution in [1.29, 1.82) is 0 Å². The summed E-state index contributed by atoms with van der Waals surface area (Å²) in [7, 11) is 4.51. The minimum atomic E-state index is -0.832. The molecule has 2 heterocycles. The zero-order chi connectivity index (χ0) is 25.8. The average molecular weight is 513 g/mol. The molecular weight excluding hydrogens is 486 g/mol. The van der Waals surface area contributed by atoms with Crippen LogP contribution in [-0.2, 0) is 16.1 Å². The van der Waals surface area contributed by atoms with Gasteiger partial charge in [0.05, 0.1) is 44.5 Å². The molecule has 4 rings (SSSR count). The molecule has 1 aliphatic rings. The number of carbonyl (C=O) groups is 2. The molecular formula is C26H27ClN3O6+. The molecule has 0 aliphatic carbocycles. The second kappa shape index (κ2) is 10.7. The van der Waals surface area contributed by atoms with Crippen LogP contribution < -0.4 is 18.8 Å². The Labute approximate surface area is 213 Å². The number of aliphatic hydroxyl groups excluding tert-OH is 1. The molecule has 0 radical (unpaired) electrons. The second-order valence-corrected chi connectivity index (χ2v) is 8.57. The van der Waals surface area contributed by atoms with Gasteiger partial charge in [0.15, 0.2) is 11.5 Å². The Morgan fingerprint density at radius 1 is 1.06 bits per heavy atom. The fourth-order valence-electron chi connectivity index (χ4n) is 4.33. The summed E-state index contributed by atoms with van der Waals surface area (Å²) in [6, 6.07) is 9.00. The van der Waals surface area contributed by atoms with Crippen molar-refractivity contribution in [2.24, 2.45) is 0 Å². The topological polar surface area (TPSA) is 105 Å². The molecule has 36 heavy (non-hydrogen) atoms. The number of nitrogens with one attached hydrogen (secondary N) is 1. The van der Waals surface area contributed by atoms with E-state index < -0.39 is 17.7 Å². The van der Waals surface area contributed by atoms with E-state index in [0.29, 0.717) is 47.9 Å². The molecule has 1 amide bonds. The Morgan fingerprint density at radius 3 is 2.42 bits per heavy atom. The fraction of sp³-hybridized carbons (Fsp3) is 0.269. The van der Waals surface area contributed by atoms with E-state index in [9.17, 15) is 14.7 Å². The van der Waals surface area contributed by atoms with Gasteiger partial charge in [0.2, 0.25) is 6.33 Å². The Hall–Kier alpha value is -3.98. The van der Waals surface area contributed by atoms with Crippen LogP contribution in [0.3, 0.4) is 0 Å². The predicted octanol–water partition coefficient (Wildman–Crippen LogP) is 3.49. The number of rotatable bonds is 9. The maximum atomic E-state index is 13.3. The van der Waals surface area contributed by atoms with Gasteiger partial charge >= 0.3 is 0 Å². The molecule has 1 aromatic heterocycles. The number of Topliss-reactive ketones (excluding diaryl/α,β-unsaturated/α-hetero) is 1. The van der Waals surface area contributed by atoms with Crippen molar-refractivity contribution < 1.29 is 33.5 Å². The zero-order valence-corrected chi connectivity index (χ0v) is 20.9. The third-order valence-corrected chi connectivity index (χ3v) is 6.40. The molecule has 1 unspecified atom stereocenters. The van der Waals surface area contributed by atoms with Crippen LogP contribution >= 0.6 is 11.6 Å². The lowest BCUT2D eigenvalue weighted by Gasteiger charge is -2.25. The van der Waals surface area contributed by atoms with E-state index in [0.717, 1.165) is 0 Å². The van der Waals surface area contributed by atoms with Gasteiger partial charge in [-0.2, -0.15) is 0 Å². The van der Waals surface area contributed by atoms with E-state index >= 15 is 0 Å². The Bertz CT molecular complexity index is 1310. The van der Waals surface area contributed by atoms with Gasteiger partial charge in [0.25, 0.3) is 11.7 Å².